The Morgan fingerprint density at radius 3 is 2.21 bits per heavy atom. The van der Waals surface area contributed by atoms with E-state index in [0.29, 0.717) is 11.3 Å². The number of nitrogens with one attached hydrogen (secondary N) is 2. The molecule has 0 aliphatic rings. The van der Waals surface area contributed by atoms with Gasteiger partial charge in [-0.05, 0) is 55.3 Å². The second-order valence-corrected chi connectivity index (χ2v) is 6.95. The molecule has 5 nitrogen and oxygen atoms in total. The zero-order valence-electron chi connectivity index (χ0n) is 16.9. The standard InChI is InChI=1S/C24H25N3O2/c1-17-9-7-10-18(2)23(17)26-22(28)16-25-20-12-8-11-19(15-20)24(29)27(3)21-13-5-4-6-14-21/h4-15,25H,16H2,1-3H3,(H,26,28). The first kappa shape index (κ1) is 20.1. The van der Waals surface area contributed by atoms with Crippen molar-refractivity contribution in [2.75, 3.05) is 29.1 Å². The molecule has 5 heteroatoms. The van der Waals surface area contributed by atoms with Gasteiger partial charge in [0, 0.05) is 29.7 Å². The van der Waals surface area contributed by atoms with Crippen molar-refractivity contribution in [1.29, 1.82) is 0 Å². The van der Waals surface area contributed by atoms with Crippen molar-refractivity contribution in [2.45, 2.75) is 13.8 Å². The topological polar surface area (TPSA) is 61.4 Å². The zero-order chi connectivity index (χ0) is 20.8. The third kappa shape index (κ3) is 5.02. The van der Waals surface area contributed by atoms with E-state index < -0.39 is 0 Å². The van der Waals surface area contributed by atoms with Crippen LogP contribution in [0.25, 0.3) is 0 Å². The summed E-state index contributed by atoms with van der Waals surface area (Å²) in [6.45, 7) is 4.04. The molecule has 0 aliphatic heterocycles. The number of aryl methyl sites for hydroxylation is 2. The molecule has 3 aromatic carbocycles. The fourth-order valence-corrected chi connectivity index (χ4v) is 3.10. The molecule has 2 N–H and O–H groups in total. The van der Waals surface area contributed by atoms with Crippen LogP contribution in [0.4, 0.5) is 17.1 Å². The van der Waals surface area contributed by atoms with Crippen LogP contribution in [0.2, 0.25) is 0 Å². The van der Waals surface area contributed by atoms with E-state index in [2.05, 4.69) is 10.6 Å². The lowest BCUT2D eigenvalue weighted by molar-refractivity contribution is -0.114. The minimum absolute atomic E-state index is 0.111. The van der Waals surface area contributed by atoms with Crippen molar-refractivity contribution in [3.05, 3.63) is 89.5 Å². The van der Waals surface area contributed by atoms with Gasteiger partial charge >= 0.3 is 0 Å². The fourth-order valence-electron chi connectivity index (χ4n) is 3.10. The molecule has 0 saturated heterocycles. The first-order chi connectivity index (χ1) is 14.0. The van der Waals surface area contributed by atoms with Crippen molar-refractivity contribution < 1.29 is 9.59 Å². The second kappa shape index (κ2) is 9.06. The van der Waals surface area contributed by atoms with Crippen LogP contribution in [-0.4, -0.2) is 25.4 Å². The number of para-hydroxylation sites is 2. The summed E-state index contributed by atoms with van der Waals surface area (Å²) >= 11 is 0. The van der Waals surface area contributed by atoms with Gasteiger partial charge in [-0.2, -0.15) is 0 Å². The van der Waals surface area contributed by atoms with E-state index in [1.54, 1.807) is 30.1 Å². The summed E-state index contributed by atoms with van der Waals surface area (Å²) < 4.78 is 0. The average Bonchev–Trinajstić information content (AvgIpc) is 2.75. The molecule has 0 heterocycles. The van der Waals surface area contributed by atoms with Crippen molar-refractivity contribution in [3.8, 4) is 0 Å². The van der Waals surface area contributed by atoms with Gasteiger partial charge < -0.3 is 15.5 Å². The van der Waals surface area contributed by atoms with Crippen LogP contribution in [-0.2, 0) is 4.79 Å². The number of anilines is 3. The van der Waals surface area contributed by atoms with Crippen molar-refractivity contribution in [2.24, 2.45) is 0 Å². The van der Waals surface area contributed by atoms with Gasteiger partial charge in [0.2, 0.25) is 5.91 Å². The van der Waals surface area contributed by atoms with Crippen LogP contribution in [0.5, 0.6) is 0 Å². The third-order valence-electron chi connectivity index (χ3n) is 4.76. The van der Waals surface area contributed by atoms with Crippen LogP contribution >= 0.6 is 0 Å². The molecule has 0 fully saturated rings. The molecule has 148 valence electrons. The maximum absolute atomic E-state index is 12.8. The molecule has 0 bridgehead atoms. The van der Waals surface area contributed by atoms with Crippen LogP contribution in [0.1, 0.15) is 21.5 Å². The van der Waals surface area contributed by atoms with Crippen LogP contribution < -0.4 is 15.5 Å². The Morgan fingerprint density at radius 1 is 0.862 bits per heavy atom. The molecule has 3 aromatic rings. The van der Waals surface area contributed by atoms with Gasteiger partial charge in [-0.15, -0.1) is 0 Å². The number of hydrogen-bond donors (Lipinski definition) is 2. The molecule has 0 aliphatic carbocycles. The van der Waals surface area contributed by atoms with Gasteiger partial charge in [0.1, 0.15) is 0 Å². The van der Waals surface area contributed by atoms with Crippen molar-refractivity contribution in [3.63, 3.8) is 0 Å². The highest BCUT2D eigenvalue weighted by atomic mass is 16.2. The molecule has 0 unspecified atom stereocenters. The van der Waals surface area contributed by atoms with Gasteiger partial charge in [0.25, 0.3) is 5.91 Å². The normalized spacial score (nSPS) is 10.3. The number of hydrogen-bond acceptors (Lipinski definition) is 3. The lowest BCUT2D eigenvalue weighted by atomic mass is 10.1. The van der Waals surface area contributed by atoms with Crippen molar-refractivity contribution in [1.82, 2.24) is 0 Å². The lowest BCUT2D eigenvalue weighted by Crippen LogP contribution is -2.26. The summed E-state index contributed by atoms with van der Waals surface area (Å²) in [6.07, 6.45) is 0. The lowest BCUT2D eigenvalue weighted by Gasteiger charge is -2.18. The predicted molar refractivity (Wildman–Crippen MR) is 119 cm³/mol. The van der Waals surface area contributed by atoms with E-state index in [9.17, 15) is 9.59 Å². The molecule has 0 aromatic heterocycles. The first-order valence-electron chi connectivity index (χ1n) is 9.49. The number of carbonyl (C=O) groups is 2. The smallest absolute Gasteiger partial charge is 0.258 e. The SMILES string of the molecule is Cc1cccc(C)c1NC(=O)CNc1cccc(C(=O)N(C)c2ccccc2)c1. The summed E-state index contributed by atoms with van der Waals surface area (Å²) in [4.78, 5) is 26.7. The Balaban J connectivity index is 1.64. The van der Waals surface area contributed by atoms with E-state index in [4.69, 9.17) is 0 Å². The molecule has 0 radical (unpaired) electrons. The molecule has 0 spiro atoms. The van der Waals surface area contributed by atoms with E-state index in [0.717, 1.165) is 22.5 Å². The number of benzene rings is 3. The second-order valence-electron chi connectivity index (χ2n) is 6.95. The number of rotatable bonds is 6. The van der Waals surface area contributed by atoms with Crippen molar-refractivity contribution >= 4 is 28.9 Å². The van der Waals surface area contributed by atoms with Gasteiger partial charge in [-0.3, -0.25) is 9.59 Å². The molecule has 29 heavy (non-hydrogen) atoms. The maximum atomic E-state index is 12.8. The number of amides is 2. The Kier molecular flexibility index (Phi) is 6.29. The van der Waals surface area contributed by atoms with Gasteiger partial charge in [-0.1, -0.05) is 42.5 Å². The minimum atomic E-state index is -0.138. The largest absolute Gasteiger partial charge is 0.376 e. The van der Waals surface area contributed by atoms with Gasteiger partial charge in [0.15, 0.2) is 0 Å². The first-order valence-corrected chi connectivity index (χ1v) is 9.49. The summed E-state index contributed by atoms with van der Waals surface area (Å²) in [5, 5.41) is 6.04. The van der Waals surface area contributed by atoms with E-state index in [-0.39, 0.29) is 18.4 Å². The fraction of sp³-hybridized carbons (Fsp3) is 0.167. The Labute approximate surface area is 171 Å². The van der Waals surface area contributed by atoms with Crippen LogP contribution in [0, 0.1) is 13.8 Å². The average molecular weight is 387 g/mol. The molecule has 3 rings (SSSR count). The quantitative estimate of drug-likeness (QED) is 0.648. The summed E-state index contributed by atoms with van der Waals surface area (Å²) in [7, 11) is 1.75. The van der Waals surface area contributed by atoms with Gasteiger partial charge in [-0.25, -0.2) is 0 Å². The summed E-state index contributed by atoms with van der Waals surface area (Å²) in [5.41, 5.74) is 4.98. The van der Waals surface area contributed by atoms with Gasteiger partial charge in [0.05, 0.1) is 6.54 Å². The van der Waals surface area contributed by atoms with Crippen LogP contribution in [0.15, 0.2) is 72.8 Å². The van der Waals surface area contributed by atoms with E-state index in [1.165, 1.54) is 0 Å². The Morgan fingerprint density at radius 2 is 1.52 bits per heavy atom. The maximum Gasteiger partial charge on any atom is 0.258 e. The molecule has 0 saturated carbocycles. The Bertz CT molecular complexity index is 995. The highest BCUT2D eigenvalue weighted by Crippen LogP contribution is 2.20. The highest BCUT2D eigenvalue weighted by molar-refractivity contribution is 6.06. The predicted octanol–water partition coefficient (Wildman–Crippen LogP) is 4.63. The summed E-state index contributed by atoms with van der Waals surface area (Å²) in [6, 6.07) is 22.5. The zero-order valence-corrected chi connectivity index (χ0v) is 16.9. The number of carbonyl (C=O) groups excluding carboxylic acids is 2. The number of nitrogens with zero attached hydrogens (tertiary/aromatic N) is 1. The summed E-state index contributed by atoms with van der Waals surface area (Å²) in [5.74, 6) is -0.250. The van der Waals surface area contributed by atoms with E-state index in [1.807, 2.05) is 68.4 Å². The monoisotopic (exact) mass is 387 g/mol. The Hall–Kier alpha value is -3.60. The molecule has 2 amide bonds. The molecular weight excluding hydrogens is 362 g/mol. The minimum Gasteiger partial charge on any atom is -0.376 e. The molecule has 0 atom stereocenters. The van der Waals surface area contributed by atoms with Crippen LogP contribution in [0.3, 0.4) is 0 Å². The highest BCUT2D eigenvalue weighted by Gasteiger charge is 2.14. The van der Waals surface area contributed by atoms with E-state index >= 15 is 0 Å². The molecular formula is C24H25N3O2. The third-order valence-corrected chi connectivity index (χ3v) is 4.76.